The van der Waals surface area contributed by atoms with Gasteiger partial charge in [-0.15, -0.1) is 0 Å². The molecule has 7 nitrogen and oxygen atoms in total. The Balaban J connectivity index is 1.74. The van der Waals surface area contributed by atoms with Crippen LogP contribution in [-0.4, -0.2) is 61.4 Å². The Morgan fingerprint density at radius 2 is 2.12 bits per heavy atom. The molecule has 3 rings (SSSR count). The van der Waals surface area contributed by atoms with Gasteiger partial charge in [-0.1, -0.05) is 0 Å². The van der Waals surface area contributed by atoms with Crippen molar-refractivity contribution in [2.24, 2.45) is 5.41 Å². The summed E-state index contributed by atoms with van der Waals surface area (Å²) < 4.78 is 16.2. The molecule has 2 aliphatic heterocycles. The van der Waals surface area contributed by atoms with E-state index in [0.717, 1.165) is 32.6 Å². The Morgan fingerprint density at radius 3 is 2.80 bits per heavy atom. The van der Waals surface area contributed by atoms with Crippen molar-refractivity contribution in [1.82, 2.24) is 4.90 Å². The molecule has 1 amide bonds. The second kappa shape index (κ2) is 7.31. The van der Waals surface area contributed by atoms with Crippen molar-refractivity contribution in [2.75, 3.05) is 39.5 Å². The molecule has 2 fully saturated rings. The molecule has 0 radical (unpaired) electrons. The van der Waals surface area contributed by atoms with Crippen LogP contribution in [0.3, 0.4) is 0 Å². The maximum absolute atomic E-state index is 12.8. The van der Waals surface area contributed by atoms with E-state index >= 15 is 0 Å². The number of amides is 1. The van der Waals surface area contributed by atoms with Crippen molar-refractivity contribution in [2.45, 2.75) is 19.8 Å². The maximum Gasteiger partial charge on any atom is 0.341 e. The first-order valence-corrected chi connectivity index (χ1v) is 8.51. The summed E-state index contributed by atoms with van der Waals surface area (Å²) in [4.78, 5) is 25.4. The highest BCUT2D eigenvalue weighted by Gasteiger charge is 2.42. The Bertz CT molecular complexity index is 653. The van der Waals surface area contributed by atoms with Gasteiger partial charge in [-0.3, -0.25) is 4.79 Å². The number of hydrogen-bond donors (Lipinski definition) is 1. The van der Waals surface area contributed by atoms with Crippen LogP contribution in [0.5, 0.6) is 11.5 Å². The summed E-state index contributed by atoms with van der Waals surface area (Å²) in [5.74, 6) is -0.408. The lowest BCUT2D eigenvalue weighted by molar-refractivity contribution is -0.139. The third-order valence-electron chi connectivity index (χ3n) is 4.75. The summed E-state index contributed by atoms with van der Waals surface area (Å²) in [7, 11) is 0. The number of nitrogens with zero attached hydrogens (tertiary/aromatic N) is 1. The lowest BCUT2D eigenvalue weighted by atomic mass is 9.87. The van der Waals surface area contributed by atoms with Crippen LogP contribution in [-0.2, 0) is 9.53 Å². The van der Waals surface area contributed by atoms with E-state index in [-0.39, 0.29) is 11.3 Å². The number of carbonyl (C=O) groups excluding carboxylic acids is 1. The molecule has 1 aromatic rings. The average molecular weight is 349 g/mol. The monoisotopic (exact) mass is 349 g/mol. The first-order chi connectivity index (χ1) is 12.0. The number of hydrogen-bond acceptors (Lipinski definition) is 5. The van der Waals surface area contributed by atoms with Crippen molar-refractivity contribution in [3.05, 3.63) is 23.8 Å². The van der Waals surface area contributed by atoms with Gasteiger partial charge in [0.1, 0.15) is 0 Å². The number of carboxylic acids is 1. The van der Waals surface area contributed by atoms with Gasteiger partial charge in [-0.2, -0.15) is 0 Å². The van der Waals surface area contributed by atoms with E-state index in [4.69, 9.17) is 19.3 Å². The Hall–Kier alpha value is -2.28. The van der Waals surface area contributed by atoms with Gasteiger partial charge in [-0.05, 0) is 38.0 Å². The van der Waals surface area contributed by atoms with Crippen LogP contribution in [0.25, 0.3) is 0 Å². The van der Waals surface area contributed by atoms with Crippen LogP contribution in [0.15, 0.2) is 18.2 Å². The zero-order valence-electron chi connectivity index (χ0n) is 14.3. The summed E-state index contributed by atoms with van der Waals surface area (Å²) in [6, 6.07) is 4.86. The minimum Gasteiger partial charge on any atom is -0.490 e. The SMILES string of the molecule is CCOc1cc(C(=O)N2CCC3(CCOC3)C2)ccc1OCC(=O)O. The summed E-state index contributed by atoms with van der Waals surface area (Å²) >= 11 is 0. The van der Waals surface area contributed by atoms with Gasteiger partial charge in [0.25, 0.3) is 5.91 Å². The van der Waals surface area contributed by atoms with Crippen molar-refractivity contribution < 1.29 is 28.9 Å². The predicted molar refractivity (Wildman–Crippen MR) is 89.1 cm³/mol. The zero-order chi connectivity index (χ0) is 17.9. The number of benzene rings is 1. The van der Waals surface area contributed by atoms with Gasteiger partial charge < -0.3 is 24.2 Å². The molecule has 2 heterocycles. The Kier molecular flexibility index (Phi) is 5.13. The normalized spacial score (nSPS) is 22.4. The fourth-order valence-corrected chi connectivity index (χ4v) is 3.43. The second-order valence-electron chi connectivity index (χ2n) is 6.56. The van der Waals surface area contributed by atoms with Crippen LogP contribution in [0.4, 0.5) is 0 Å². The number of carbonyl (C=O) groups is 2. The molecular formula is C18H23NO6. The highest BCUT2D eigenvalue weighted by atomic mass is 16.5. The molecule has 1 spiro atoms. The number of aliphatic carboxylic acids is 1. The van der Waals surface area contributed by atoms with E-state index in [0.29, 0.717) is 30.2 Å². The smallest absolute Gasteiger partial charge is 0.341 e. The minimum atomic E-state index is -1.07. The second-order valence-corrected chi connectivity index (χ2v) is 6.56. The van der Waals surface area contributed by atoms with Crippen molar-refractivity contribution >= 4 is 11.9 Å². The van der Waals surface area contributed by atoms with Gasteiger partial charge in [0.05, 0.1) is 13.2 Å². The van der Waals surface area contributed by atoms with E-state index < -0.39 is 12.6 Å². The fraction of sp³-hybridized carbons (Fsp3) is 0.556. The number of rotatable bonds is 6. The zero-order valence-corrected chi connectivity index (χ0v) is 14.3. The van der Waals surface area contributed by atoms with Crippen LogP contribution in [0.1, 0.15) is 30.1 Å². The number of likely N-dealkylation sites (tertiary alicyclic amines) is 1. The van der Waals surface area contributed by atoms with E-state index in [1.165, 1.54) is 0 Å². The summed E-state index contributed by atoms with van der Waals surface area (Å²) in [5, 5.41) is 8.75. The quantitative estimate of drug-likeness (QED) is 0.843. The Labute approximate surface area is 146 Å². The molecule has 1 N–H and O–H groups in total. The molecule has 0 aromatic heterocycles. The topological polar surface area (TPSA) is 85.3 Å². The van der Waals surface area contributed by atoms with E-state index in [1.54, 1.807) is 18.2 Å². The largest absolute Gasteiger partial charge is 0.490 e. The first kappa shape index (κ1) is 17.5. The van der Waals surface area contributed by atoms with E-state index in [2.05, 4.69) is 0 Å². The highest BCUT2D eigenvalue weighted by Crippen LogP contribution is 2.39. The van der Waals surface area contributed by atoms with Crippen molar-refractivity contribution in [3.8, 4) is 11.5 Å². The van der Waals surface area contributed by atoms with Crippen LogP contribution < -0.4 is 9.47 Å². The molecule has 0 saturated carbocycles. The van der Waals surface area contributed by atoms with Gasteiger partial charge in [-0.25, -0.2) is 4.79 Å². The third-order valence-corrected chi connectivity index (χ3v) is 4.75. The molecule has 2 saturated heterocycles. The molecule has 7 heteroatoms. The first-order valence-electron chi connectivity index (χ1n) is 8.51. The van der Waals surface area contributed by atoms with Gasteiger partial charge in [0.2, 0.25) is 0 Å². The lowest BCUT2D eigenvalue weighted by Gasteiger charge is -2.22. The average Bonchev–Trinajstić information content (AvgIpc) is 3.23. The summed E-state index contributed by atoms with van der Waals surface area (Å²) in [6.07, 6.45) is 1.97. The fourth-order valence-electron chi connectivity index (χ4n) is 3.43. The lowest BCUT2D eigenvalue weighted by Crippen LogP contribution is -2.32. The van der Waals surface area contributed by atoms with E-state index in [9.17, 15) is 9.59 Å². The molecule has 136 valence electrons. The van der Waals surface area contributed by atoms with Crippen molar-refractivity contribution in [3.63, 3.8) is 0 Å². The van der Waals surface area contributed by atoms with Gasteiger partial charge >= 0.3 is 5.97 Å². The summed E-state index contributed by atoms with van der Waals surface area (Å²) in [5.41, 5.74) is 0.630. The van der Waals surface area contributed by atoms with Crippen LogP contribution in [0.2, 0.25) is 0 Å². The van der Waals surface area contributed by atoms with Crippen molar-refractivity contribution in [1.29, 1.82) is 0 Å². The molecule has 25 heavy (non-hydrogen) atoms. The molecule has 1 unspecified atom stereocenters. The third kappa shape index (κ3) is 3.87. The number of ether oxygens (including phenoxy) is 3. The number of carboxylic acid groups (broad SMARTS) is 1. The Morgan fingerprint density at radius 1 is 1.28 bits per heavy atom. The molecule has 1 aromatic carbocycles. The predicted octanol–water partition coefficient (Wildman–Crippen LogP) is 1.80. The highest BCUT2D eigenvalue weighted by molar-refractivity contribution is 5.95. The van der Waals surface area contributed by atoms with E-state index in [1.807, 2.05) is 11.8 Å². The summed E-state index contributed by atoms with van der Waals surface area (Å²) in [6.45, 7) is 4.69. The van der Waals surface area contributed by atoms with Gasteiger partial charge in [0.15, 0.2) is 18.1 Å². The van der Waals surface area contributed by atoms with Crippen LogP contribution in [0, 0.1) is 5.41 Å². The maximum atomic E-state index is 12.8. The molecular weight excluding hydrogens is 326 g/mol. The van der Waals surface area contributed by atoms with Gasteiger partial charge in [0, 0.05) is 30.7 Å². The molecule has 1 atom stereocenters. The molecule has 2 aliphatic rings. The molecule has 0 aliphatic carbocycles. The molecule has 0 bridgehead atoms. The van der Waals surface area contributed by atoms with Crippen LogP contribution >= 0.6 is 0 Å². The minimum absolute atomic E-state index is 0.0467. The standard InChI is InChI=1S/C18H23NO6/c1-2-24-15-9-13(3-4-14(15)25-10-16(20)21)17(22)19-7-5-18(11-19)6-8-23-12-18/h3-4,9H,2,5-8,10-12H2,1H3,(H,20,21).